The summed E-state index contributed by atoms with van der Waals surface area (Å²) in [5.41, 5.74) is 0. The smallest absolute Gasteiger partial charge is 0.237 e. The van der Waals surface area contributed by atoms with Gasteiger partial charge in [-0.1, -0.05) is 26.7 Å². The van der Waals surface area contributed by atoms with Crippen molar-refractivity contribution in [2.45, 2.75) is 33.1 Å². The fourth-order valence-corrected chi connectivity index (χ4v) is 3.27. The van der Waals surface area contributed by atoms with Crippen molar-refractivity contribution in [1.29, 1.82) is 0 Å². The number of hydrogen-bond donors (Lipinski definition) is 0. The monoisotopic (exact) mass is 319 g/mol. The van der Waals surface area contributed by atoms with Crippen molar-refractivity contribution in [1.82, 2.24) is 14.1 Å². The van der Waals surface area contributed by atoms with Crippen molar-refractivity contribution in [3.63, 3.8) is 0 Å². The first-order valence-electron chi connectivity index (χ1n) is 7.83. The molecule has 1 amide bonds. The van der Waals surface area contributed by atoms with E-state index in [-0.39, 0.29) is 12.5 Å². The molecule has 1 rings (SSSR count). The summed E-state index contributed by atoms with van der Waals surface area (Å²) in [5, 5.41) is 0. The Hall–Kier alpha value is -0.660. The molecule has 0 aromatic rings. The molecule has 0 aromatic heterocycles. The lowest BCUT2D eigenvalue weighted by atomic mass is 10.2. The lowest BCUT2D eigenvalue weighted by molar-refractivity contribution is -0.133. The second-order valence-corrected chi connectivity index (χ2v) is 7.60. The number of unbranched alkanes of at least 4 members (excludes halogenated alkanes) is 2. The van der Waals surface area contributed by atoms with E-state index in [2.05, 4.69) is 18.7 Å². The first-order chi connectivity index (χ1) is 9.88. The lowest BCUT2D eigenvalue weighted by Crippen LogP contribution is -2.51. The number of carbonyl (C=O) groups is 1. The minimum Gasteiger partial charge on any atom is -0.339 e. The van der Waals surface area contributed by atoms with Gasteiger partial charge in [0, 0.05) is 32.7 Å². The van der Waals surface area contributed by atoms with E-state index >= 15 is 0 Å². The summed E-state index contributed by atoms with van der Waals surface area (Å²) in [5.74, 6) is -0.0762. The van der Waals surface area contributed by atoms with Crippen LogP contribution in [0, 0.1) is 0 Å². The molecule has 1 aliphatic heterocycles. The Kier molecular flexibility index (Phi) is 7.62. The van der Waals surface area contributed by atoms with E-state index in [0.717, 1.165) is 38.9 Å². The van der Waals surface area contributed by atoms with E-state index in [4.69, 9.17) is 0 Å². The zero-order valence-corrected chi connectivity index (χ0v) is 14.4. The first-order valence-corrected chi connectivity index (χ1v) is 9.68. The quantitative estimate of drug-likeness (QED) is 0.615. The number of sulfonamides is 1. The second-order valence-electron chi connectivity index (χ2n) is 5.62. The average molecular weight is 319 g/mol. The zero-order valence-electron chi connectivity index (χ0n) is 13.5. The molecule has 1 saturated heterocycles. The fourth-order valence-electron chi connectivity index (χ4n) is 2.46. The molecule has 0 atom stereocenters. The molecule has 0 bridgehead atoms. The highest BCUT2D eigenvalue weighted by Gasteiger charge is 2.25. The summed E-state index contributed by atoms with van der Waals surface area (Å²) in [6, 6.07) is 0. The standard InChI is InChI=1S/C14H29N3O3S/c1-4-6-7-8-17(21(3,19)20)13-14(18)16-11-9-15(5-2)10-12-16/h4-13H2,1-3H3. The molecule has 0 N–H and O–H groups in total. The van der Waals surface area contributed by atoms with Crippen LogP contribution >= 0.6 is 0 Å². The van der Waals surface area contributed by atoms with Crippen LogP contribution < -0.4 is 0 Å². The van der Waals surface area contributed by atoms with Crippen LogP contribution in [-0.2, 0) is 14.8 Å². The Labute approximate surface area is 129 Å². The van der Waals surface area contributed by atoms with Gasteiger partial charge in [-0.05, 0) is 13.0 Å². The van der Waals surface area contributed by atoms with Crippen LogP contribution in [0.1, 0.15) is 33.1 Å². The molecule has 0 spiro atoms. The fraction of sp³-hybridized carbons (Fsp3) is 0.929. The molecule has 1 heterocycles. The van der Waals surface area contributed by atoms with E-state index in [9.17, 15) is 13.2 Å². The summed E-state index contributed by atoms with van der Waals surface area (Å²) >= 11 is 0. The van der Waals surface area contributed by atoms with Gasteiger partial charge < -0.3 is 9.80 Å². The SMILES string of the molecule is CCCCCN(CC(=O)N1CCN(CC)CC1)S(C)(=O)=O. The summed E-state index contributed by atoms with van der Waals surface area (Å²) in [4.78, 5) is 16.4. The number of carbonyl (C=O) groups excluding carboxylic acids is 1. The number of rotatable bonds is 8. The molecule has 0 unspecified atom stereocenters. The molecule has 1 fully saturated rings. The van der Waals surface area contributed by atoms with Crippen LogP contribution in [0.4, 0.5) is 0 Å². The Morgan fingerprint density at radius 2 is 1.71 bits per heavy atom. The number of likely N-dealkylation sites (N-methyl/N-ethyl adjacent to an activating group) is 1. The predicted octanol–water partition coefficient (Wildman–Crippen LogP) is 0.602. The van der Waals surface area contributed by atoms with Gasteiger partial charge in [-0.25, -0.2) is 8.42 Å². The van der Waals surface area contributed by atoms with Gasteiger partial charge >= 0.3 is 0 Å². The predicted molar refractivity (Wildman–Crippen MR) is 84.6 cm³/mol. The Morgan fingerprint density at radius 3 is 2.19 bits per heavy atom. The zero-order chi connectivity index (χ0) is 15.9. The molecule has 6 nitrogen and oxygen atoms in total. The highest BCUT2D eigenvalue weighted by atomic mass is 32.2. The highest BCUT2D eigenvalue weighted by Crippen LogP contribution is 2.07. The van der Waals surface area contributed by atoms with Crippen molar-refractivity contribution < 1.29 is 13.2 Å². The van der Waals surface area contributed by atoms with Gasteiger partial charge in [0.25, 0.3) is 0 Å². The van der Waals surface area contributed by atoms with Crippen molar-refractivity contribution >= 4 is 15.9 Å². The van der Waals surface area contributed by atoms with Gasteiger partial charge in [-0.3, -0.25) is 4.79 Å². The van der Waals surface area contributed by atoms with Crippen LogP contribution in [0.5, 0.6) is 0 Å². The minimum absolute atomic E-state index is 0.0192. The van der Waals surface area contributed by atoms with Crippen LogP contribution in [0.3, 0.4) is 0 Å². The van der Waals surface area contributed by atoms with Crippen molar-refractivity contribution in [3.8, 4) is 0 Å². The van der Waals surface area contributed by atoms with E-state index < -0.39 is 10.0 Å². The molecule has 0 radical (unpaired) electrons. The molecule has 7 heteroatoms. The van der Waals surface area contributed by atoms with Gasteiger partial charge in [-0.15, -0.1) is 0 Å². The highest BCUT2D eigenvalue weighted by molar-refractivity contribution is 7.88. The Morgan fingerprint density at radius 1 is 1.10 bits per heavy atom. The molecule has 0 saturated carbocycles. The lowest BCUT2D eigenvalue weighted by Gasteiger charge is -2.35. The Bertz CT molecular complexity index is 417. The maximum absolute atomic E-state index is 12.3. The van der Waals surface area contributed by atoms with Crippen molar-refractivity contribution in [2.24, 2.45) is 0 Å². The summed E-state index contributed by atoms with van der Waals surface area (Å²) in [6.07, 6.45) is 4.00. The van der Waals surface area contributed by atoms with Gasteiger partial charge in [0.1, 0.15) is 0 Å². The topological polar surface area (TPSA) is 60.9 Å². The number of nitrogens with zero attached hydrogens (tertiary/aromatic N) is 3. The van der Waals surface area contributed by atoms with Crippen molar-refractivity contribution in [2.75, 3.05) is 52.1 Å². The van der Waals surface area contributed by atoms with Crippen LogP contribution in [0.15, 0.2) is 0 Å². The molecule has 124 valence electrons. The van der Waals surface area contributed by atoms with Crippen LogP contribution in [-0.4, -0.2) is 80.5 Å². The molecule has 0 aliphatic carbocycles. The average Bonchev–Trinajstić information content (AvgIpc) is 2.45. The van der Waals surface area contributed by atoms with E-state index in [0.29, 0.717) is 19.6 Å². The van der Waals surface area contributed by atoms with E-state index in [1.807, 2.05) is 0 Å². The normalized spacial score (nSPS) is 17.4. The van der Waals surface area contributed by atoms with Gasteiger partial charge in [-0.2, -0.15) is 4.31 Å². The molecule has 0 aromatic carbocycles. The van der Waals surface area contributed by atoms with Crippen molar-refractivity contribution in [3.05, 3.63) is 0 Å². The third kappa shape index (κ3) is 6.32. The van der Waals surface area contributed by atoms with Gasteiger partial charge in [0.2, 0.25) is 15.9 Å². The largest absolute Gasteiger partial charge is 0.339 e. The third-order valence-corrected chi connectivity index (χ3v) is 5.21. The van der Waals surface area contributed by atoms with E-state index in [1.165, 1.54) is 10.6 Å². The molecular weight excluding hydrogens is 290 g/mol. The number of amides is 1. The summed E-state index contributed by atoms with van der Waals surface area (Å²) in [7, 11) is -3.32. The molecule has 1 aliphatic rings. The maximum Gasteiger partial charge on any atom is 0.237 e. The van der Waals surface area contributed by atoms with Gasteiger partial charge in [0.05, 0.1) is 12.8 Å². The second kappa shape index (κ2) is 8.70. The van der Waals surface area contributed by atoms with Crippen LogP contribution in [0.2, 0.25) is 0 Å². The maximum atomic E-state index is 12.3. The molecular formula is C14H29N3O3S. The Balaban J connectivity index is 2.52. The summed E-state index contributed by atoms with van der Waals surface area (Å²) in [6.45, 7) is 8.72. The third-order valence-electron chi connectivity index (χ3n) is 3.96. The number of hydrogen-bond acceptors (Lipinski definition) is 4. The number of piperazine rings is 1. The summed E-state index contributed by atoms with van der Waals surface area (Å²) < 4.78 is 24.9. The first kappa shape index (κ1) is 18.4. The molecule has 21 heavy (non-hydrogen) atoms. The van der Waals surface area contributed by atoms with Gasteiger partial charge in [0.15, 0.2) is 0 Å². The van der Waals surface area contributed by atoms with E-state index in [1.54, 1.807) is 4.90 Å². The van der Waals surface area contributed by atoms with Crippen LogP contribution in [0.25, 0.3) is 0 Å². The minimum atomic E-state index is -3.32.